The maximum atomic E-state index is 12.2. The first-order chi connectivity index (χ1) is 16.4. The van der Waals surface area contributed by atoms with E-state index in [0.717, 1.165) is 43.5 Å². The molecule has 0 spiro atoms. The van der Waals surface area contributed by atoms with Gasteiger partial charge >= 0.3 is 5.97 Å². The molecule has 1 atom stereocenters. The van der Waals surface area contributed by atoms with Crippen molar-refractivity contribution in [1.29, 1.82) is 0 Å². The van der Waals surface area contributed by atoms with Crippen molar-refractivity contribution in [1.82, 2.24) is 0 Å². The summed E-state index contributed by atoms with van der Waals surface area (Å²) in [4.78, 5) is 23.5. The molecule has 0 unspecified atom stereocenters. The van der Waals surface area contributed by atoms with Crippen LogP contribution in [0, 0.1) is 5.92 Å². The second-order valence-corrected chi connectivity index (χ2v) is 8.56. The topological polar surface area (TPSA) is 77.3 Å². The minimum atomic E-state index is -0.326. The standard InChI is InChI=1S/C28H36N2O4/c1-5-22(4)20-27(31)23-10-12-24(13-11-23)29-30-25-14-16-26(17-15-25)33-18-8-6-7-9-19-34-28(32)21(2)3/h10-17,22H,2,5-9,18-20H2,1,3-4H3/t22-/m0/s1. The number of benzene rings is 2. The van der Waals surface area contributed by atoms with Crippen molar-refractivity contribution in [3.8, 4) is 5.75 Å². The van der Waals surface area contributed by atoms with Crippen molar-refractivity contribution < 1.29 is 19.1 Å². The van der Waals surface area contributed by atoms with Gasteiger partial charge in [0.15, 0.2) is 5.78 Å². The number of esters is 1. The molecule has 0 bridgehead atoms. The zero-order chi connectivity index (χ0) is 24.8. The summed E-state index contributed by atoms with van der Waals surface area (Å²) >= 11 is 0. The third-order valence-corrected chi connectivity index (χ3v) is 5.43. The van der Waals surface area contributed by atoms with Crippen LogP contribution in [0.4, 0.5) is 11.4 Å². The fourth-order valence-corrected chi connectivity index (χ4v) is 3.05. The van der Waals surface area contributed by atoms with Gasteiger partial charge in [-0.1, -0.05) is 26.8 Å². The monoisotopic (exact) mass is 464 g/mol. The number of hydrogen-bond donors (Lipinski definition) is 0. The average Bonchev–Trinajstić information content (AvgIpc) is 2.85. The van der Waals surface area contributed by atoms with Gasteiger partial charge in [-0.25, -0.2) is 4.79 Å². The number of nitrogens with zero attached hydrogens (tertiary/aromatic N) is 2. The summed E-state index contributed by atoms with van der Waals surface area (Å²) in [7, 11) is 0. The lowest BCUT2D eigenvalue weighted by Gasteiger charge is -2.07. The van der Waals surface area contributed by atoms with Crippen LogP contribution < -0.4 is 4.74 Å². The highest BCUT2D eigenvalue weighted by Crippen LogP contribution is 2.22. The maximum Gasteiger partial charge on any atom is 0.333 e. The summed E-state index contributed by atoms with van der Waals surface area (Å²) in [5.74, 6) is 1.02. The van der Waals surface area contributed by atoms with E-state index >= 15 is 0 Å². The largest absolute Gasteiger partial charge is 0.494 e. The fraction of sp³-hybridized carbons (Fsp3) is 0.429. The summed E-state index contributed by atoms with van der Waals surface area (Å²) in [6.45, 7) is 10.5. The molecule has 0 radical (unpaired) electrons. The summed E-state index contributed by atoms with van der Waals surface area (Å²) in [6.07, 6.45) is 5.34. The maximum absolute atomic E-state index is 12.2. The third-order valence-electron chi connectivity index (χ3n) is 5.43. The van der Waals surface area contributed by atoms with Crippen LogP contribution in [-0.4, -0.2) is 25.0 Å². The molecule has 2 aromatic rings. The number of azo groups is 1. The van der Waals surface area contributed by atoms with Gasteiger partial charge in [0.05, 0.1) is 24.6 Å². The third kappa shape index (κ3) is 10.1. The van der Waals surface area contributed by atoms with Gasteiger partial charge in [0.2, 0.25) is 0 Å². The van der Waals surface area contributed by atoms with Crippen molar-refractivity contribution in [2.75, 3.05) is 13.2 Å². The van der Waals surface area contributed by atoms with Gasteiger partial charge in [0.25, 0.3) is 0 Å². The molecule has 0 saturated carbocycles. The van der Waals surface area contributed by atoms with Crippen LogP contribution in [-0.2, 0) is 9.53 Å². The molecule has 0 N–H and O–H groups in total. The van der Waals surface area contributed by atoms with Gasteiger partial charge in [-0.05, 0) is 87.1 Å². The zero-order valence-corrected chi connectivity index (χ0v) is 20.6. The highest BCUT2D eigenvalue weighted by molar-refractivity contribution is 5.96. The Morgan fingerprint density at radius 2 is 1.44 bits per heavy atom. The normalized spacial score (nSPS) is 11.9. The molecular formula is C28H36N2O4. The fourth-order valence-electron chi connectivity index (χ4n) is 3.05. The lowest BCUT2D eigenvalue weighted by atomic mass is 9.98. The van der Waals surface area contributed by atoms with E-state index in [2.05, 4.69) is 30.7 Å². The number of carbonyl (C=O) groups is 2. The molecule has 0 aliphatic carbocycles. The summed E-state index contributed by atoms with van der Waals surface area (Å²) in [5, 5.41) is 8.51. The van der Waals surface area contributed by atoms with Crippen LogP contribution >= 0.6 is 0 Å². The van der Waals surface area contributed by atoms with E-state index in [4.69, 9.17) is 9.47 Å². The second-order valence-electron chi connectivity index (χ2n) is 8.56. The van der Waals surface area contributed by atoms with Crippen LogP contribution in [0.5, 0.6) is 5.75 Å². The van der Waals surface area contributed by atoms with Crippen molar-refractivity contribution >= 4 is 23.1 Å². The zero-order valence-electron chi connectivity index (χ0n) is 20.6. The predicted octanol–water partition coefficient (Wildman–Crippen LogP) is 7.78. The Hall–Kier alpha value is -3.28. The molecule has 34 heavy (non-hydrogen) atoms. The summed E-state index contributed by atoms with van der Waals surface area (Å²) in [6, 6.07) is 14.7. The summed E-state index contributed by atoms with van der Waals surface area (Å²) in [5.41, 5.74) is 2.58. The van der Waals surface area contributed by atoms with Crippen molar-refractivity contribution in [3.63, 3.8) is 0 Å². The van der Waals surface area contributed by atoms with Crippen molar-refractivity contribution in [2.45, 2.75) is 59.3 Å². The van der Waals surface area contributed by atoms with Gasteiger partial charge in [0, 0.05) is 17.6 Å². The minimum absolute atomic E-state index is 0.164. The van der Waals surface area contributed by atoms with Crippen LogP contribution in [0.3, 0.4) is 0 Å². The van der Waals surface area contributed by atoms with Gasteiger partial charge < -0.3 is 9.47 Å². The van der Waals surface area contributed by atoms with Gasteiger partial charge in [-0.15, -0.1) is 0 Å². The Labute approximate surface area is 203 Å². The Balaban J connectivity index is 1.68. The molecule has 0 fully saturated rings. The van der Waals surface area contributed by atoms with Gasteiger partial charge in [-0.2, -0.15) is 10.2 Å². The number of hydrogen-bond acceptors (Lipinski definition) is 6. The lowest BCUT2D eigenvalue weighted by molar-refractivity contribution is -0.139. The highest BCUT2D eigenvalue weighted by Gasteiger charge is 2.09. The molecule has 2 aromatic carbocycles. The number of ether oxygens (including phenoxy) is 2. The number of rotatable bonds is 15. The van der Waals surface area contributed by atoms with Crippen LogP contribution in [0.15, 0.2) is 70.9 Å². The smallest absolute Gasteiger partial charge is 0.333 e. The van der Waals surface area contributed by atoms with E-state index in [1.54, 1.807) is 6.92 Å². The molecule has 0 aliphatic rings. The van der Waals surface area contributed by atoms with Crippen molar-refractivity contribution in [3.05, 3.63) is 66.2 Å². The van der Waals surface area contributed by atoms with E-state index < -0.39 is 0 Å². The van der Waals surface area contributed by atoms with Crippen LogP contribution in [0.2, 0.25) is 0 Å². The molecule has 6 nitrogen and oxygen atoms in total. The SMILES string of the molecule is C=C(C)C(=O)OCCCCCCOc1ccc(N=Nc2ccc(C(=O)C[C@@H](C)CC)cc2)cc1. The summed E-state index contributed by atoms with van der Waals surface area (Å²) < 4.78 is 10.8. The Morgan fingerprint density at radius 1 is 0.882 bits per heavy atom. The number of unbranched alkanes of at least 4 members (excludes halogenated alkanes) is 3. The van der Waals surface area contributed by atoms with E-state index in [1.165, 1.54) is 0 Å². The van der Waals surface area contributed by atoms with E-state index in [9.17, 15) is 9.59 Å². The van der Waals surface area contributed by atoms with Crippen LogP contribution in [0.1, 0.15) is 69.7 Å². The van der Waals surface area contributed by atoms with E-state index in [1.807, 2.05) is 48.5 Å². The molecule has 0 amide bonds. The van der Waals surface area contributed by atoms with Crippen molar-refractivity contribution in [2.24, 2.45) is 16.1 Å². The first kappa shape index (κ1) is 27.0. The van der Waals surface area contributed by atoms with Gasteiger partial charge in [0.1, 0.15) is 5.75 Å². The number of ketones is 1. The molecule has 6 heteroatoms. The number of Topliss-reactive ketones (excluding diaryl/α,β-unsaturated/α-hetero) is 1. The first-order valence-corrected chi connectivity index (χ1v) is 12.0. The molecular weight excluding hydrogens is 428 g/mol. The second kappa shape index (κ2) is 14.8. The number of carbonyl (C=O) groups excluding carboxylic acids is 2. The first-order valence-electron chi connectivity index (χ1n) is 12.0. The molecule has 182 valence electrons. The van der Waals surface area contributed by atoms with Gasteiger partial charge in [-0.3, -0.25) is 4.79 Å². The minimum Gasteiger partial charge on any atom is -0.494 e. The Kier molecular flexibility index (Phi) is 11.7. The predicted molar refractivity (Wildman–Crippen MR) is 135 cm³/mol. The highest BCUT2D eigenvalue weighted by atomic mass is 16.5. The molecule has 0 aliphatic heterocycles. The Bertz CT molecular complexity index is 949. The molecule has 0 saturated heterocycles. The molecule has 0 heterocycles. The molecule has 0 aromatic heterocycles. The Morgan fingerprint density at radius 3 is 2.00 bits per heavy atom. The average molecular weight is 465 g/mol. The molecule has 2 rings (SSSR count). The quantitative estimate of drug-likeness (QED) is 0.0886. The lowest BCUT2D eigenvalue weighted by Crippen LogP contribution is -2.06. The van der Waals surface area contributed by atoms with Crippen LogP contribution in [0.25, 0.3) is 0 Å². The van der Waals surface area contributed by atoms with E-state index in [0.29, 0.717) is 42.4 Å². The van der Waals surface area contributed by atoms with E-state index in [-0.39, 0.29) is 11.8 Å².